The lowest BCUT2D eigenvalue weighted by Gasteiger charge is -2.07. The van der Waals surface area contributed by atoms with E-state index in [1.807, 2.05) is 23.6 Å². The van der Waals surface area contributed by atoms with Crippen LogP contribution < -0.4 is 11.1 Å². The van der Waals surface area contributed by atoms with E-state index in [0.717, 1.165) is 10.4 Å². The summed E-state index contributed by atoms with van der Waals surface area (Å²) < 4.78 is 0. The highest BCUT2D eigenvalue weighted by molar-refractivity contribution is 7.13. The largest absolute Gasteiger partial charge is 0.465 e. The van der Waals surface area contributed by atoms with E-state index >= 15 is 0 Å². The first-order valence-electron chi connectivity index (χ1n) is 4.60. The zero-order chi connectivity index (χ0) is 11.5. The molecule has 0 atom stereocenters. The molecule has 1 aromatic heterocycles. The molecule has 0 aliphatic heterocycles. The van der Waals surface area contributed by atoms with Crippen molar-refractivity contribution < 1.29 is 9.90 Å². The SMILES string of the molecule is Nc1ccc(-c2cccs2)cc1NC(=O)O. The van der Waals surface area contributed by atoms with Crippen LogP contribution in [0, 0.1) is 0 Å². The highest BCUT2D eigenvalue weighted by atomic mass is 32.1. The third kappa shape index (κ3) is 2.14. The Morgan fingerprint density at radius 3 is 2.81 bits per heavy atom. The van der Waals surface area contributed by atoms with Gasteiger partial charge in [-0.3, -0.25) is 5.32 Å². The van der Waals surface area contributed by atoms with Crippen molar-refractivity contribution in [1.29, 1.82) is 0 Å². The standard InChI is InChI=1S/C11H10N2O2S/c12-8-4-3-7(10-2-1-5-16-10)6-9(8)13-11(14)15/h1-6,13H,12H2,(H,14,15). The average Bonchev–Trinajstić information content (AvgIpc) is 2.73. The molecule has 0 radical (unpaired) electrons. The Morgan fingerprint density at radius 1 is 1.38 bits per heavy atom. The van der Waals surface area contributed by atoms with Crippen molar-refractivity contribution >= 4 is 28.8 Å². The Hall–Kier alpha value is -2.01. The Balaban J connectivity index is 2.39. The first kappa shape index (κ1) is 10.5. The number of thiophene rings is 1. The second-order valence-corrected chi connectivity index (χ2v) is 4.16. The van der Waals surface area contributed by atoms with Crippen LogP contribution in [0.4, 0.5) is 16.2 Å². The fourth-order valence-electron chi connectivity index (χ4n) is 1.38. The predicted molar refractivity (Wildman–Crippen MR) is 65.8 cm³/mol. The van der Waals surface area contributed by atoms with Crippen LogP contribution in [-0.4, -0.2) is 11.2 Å². The number of nitrogen functional groups attached to an aromatic ring is 1. The number of carbonyl (C=O) groups is 1. The lowest BCUT2D eigenvalue weighted by atomic mass is 10.1. The third-order valence-electron chi connectivity index (χ3n) is 2.10. The van der Waals surface area contributed by atoms with Gasteiger partial charge in [-0.05, 0) is 29.1 Å². The number of rotatable bonds is 2. The molecule has 0 aliphatic carbocycles. The molecule has 0 spiro atoms. The Labute approximate surface area is 96.3 Å². The molecule has 2 rings (SSSR count). The van der Waals surface area contributed by atoms with Gasteiger partial charge in [0.05, 0.1) is 11.4 Å². The molecule has 82 valence electrons. The van der Waals surface area contributed by atoms with Gasteiger partial charge in [0.15, 0.2) is 0 Å². The number of carboxylic acid groups (broad SMARTS) is 1. The fraction of sp³-hybridized carbons (Fsp3) is 0. The van der Waals surface area contributed by atoms with Crippen molar-refractivity contribution in [3.8, 4) is 10.4 Å². The molecule has 16 heavy (non-hydrogen) atoms. The summed E-state index contributed by atoms with van der Waals surface area (Å²) in [6.45, 7) is 0. The van der Waals surface area contributed by atoms with Crippen molar-refractivity contribution in [2.45, 2.75) is 0 Å². The minimum absolute atomic E-state index is 0.415. The maximum Gasteiger partial charge on any atom is 0.409 e. The topological polar surface area (TPSA) is 75.3 Å². The summed E-state index contributed by atoms with van der Waals surface area (Å²) >= 11 is 1.59. The molecule has 1 heterocycles. The van der Waals surface area contributed by atoms with Crippen LogP contribution in [0.1, 0.15) is 0 Å². The van der Waals surface area contributed by atoms with Crippen molar-refractivity contribution in [1.82, 2.24) is 0 Å². The summed E-state index contributed by atoms with van der Waals surface area (Å²) in [5.41, 5.74) is 7.45. The zero-order valence-corrected chi connectivity index (χ0v) is 9.12. The van der Waals surface area contributed by atoms with Gasteiger partial charge in [0.2, 0.25) is 0 Å². The van der Waals surface area contributed by atoms with Gasteiger partial charge in [-0.25, -0.2) is 4.79 Å². The number of hydrogen-bond acceptors (Lipinski definition) is 3. The van der Waals surface area contributed by atoms with Crippen LogP contribution in [0.15, 0.2) is 35.7 Å². The maximum atomic E-state index is 10.6. The maximum absolute atomic E-state index is 10.6. The van der Waals surface area contributed by atoms with E-state index in [2.05, 4.69) is 5.32 Å². The molecule has 0 bridgehead atoms. The van der Waals surface area contributed by atoms with Crippen molar-refractivity contribution in [2.75, 3.05) is 11.1 Å². The predicted octanol–water partition coefficient (Wildman–Crippen LogP) is 3.09. The summed E-state index contributed by atoms with van der Waals surface area (Å²) in [6.07, 6.45) is -1.12. The van der Waals surface area contributed by atoms with Gasteiger partial charge in [0.1, 0.15) is 0 Å². The summed E-state index contributed by atoms with van der Waals surface area (Å²) in [5, 5.41) is 12.9. The number of nitrogens with one attached hydrogen (secondary N) is 1. The van der Waals surface area contributed by atoms with Gasteiger partial charge in [0, 0.05) is 4.88 Å². The minimum atomic E-state index is -1.12. The van der Waals surface area contributed by atoms with Crippen LogP contribution >= 0.6 is 11.3 Å². The fourth-order valence-corrected chi connectivity index (χ4v) is 2.10. The third-order valence-corrected chi connectivity index (χ3v) is 3.02. The highest BCUT2D eigenvalue weighted by Gasteiger charge is 2.06. The minimum Gasteiger partial charge on any atom is -0.465 e. The summed E-state index contributed by atoms with van der Waals surface area (Å²) in [6, 6.07) is 9.21. The smallest absolute Gasteiger partial charge is 0.409 e. The molecule has 0 saturated heterocycles. The second kappa shape index (κ2) is 4.24. The molecule has 0 saturated carbocycles. The summed E-state index contributed by atoms with van der Waals surface area (Å²) in [4.78, 5) is 11.6. The van der Waals surface area contributed by atoms with Gasteiger partial charge in [0.25, 0.3) is 0 Å². The molecular weight excluding hydrogens is 224 g/mol. The molecule has 0 fully saturated rings. The molecule has 1 amide bonds. The molecule has 0 aliphatic rings. The highest BCUT2D eigenvalue weighted by Crippen LogP contribution is 2.29. The van der Waals surface area contributed by atoms with Gasteiger partial charge in [-0.15, -0.1) is 11.3 Å². The van der Waals surface area contributed by atoms with Crippen LogP contribution in [0.2, 0.25) is 0 Å². The van der Waals surface area contributed by atoms with Gasteiger partial charge >= 0.3 is 6.09 Å². The monoisotopic (exact) mass is 234 g/mol. The number of anilines is 2. The van der Waals surface area contributed by atoms with Crippen LogP contribution in [0.3, 0.4) is 0 Å². The number of amides is 1. The van der Waals surface area contributed by atoms with Crippen LogP contribution in [0.25, 0.3) is 10.4 Å². The number of benzene rings is 1. The van der Waals surface area contributed by atoms with E-state index in [4.69, 9.17) is 10.8 Å². The normalized spacial score (nSPS) is 10.0. The molecule has 1 aromatic carbocycles. The number of hydrogen-bond donors (Lipinski definition) is 3. The quantitative estimate of drug-likeness (QED) is 0.699. The van der Waals surface area contributed by atoms with Gasteiger partial charge in [-0.2, -0.15) is 0 Å². The van der Waals surface area contributed by atoms with E-state index < -0.39 is 6.09 Å². The molecule has 0 unspecified atom stereocenters. The second-order valence-electron chi connectivity index (χ2n) is 3.21. The van der Waals surface area contributed by atoms with Gasteiger partial charge in [-0.1, -0.05) is 12.1 Å². The van der Waals surface area contributed by atoms with Crippen molar-refractivity contribution in [3.05, 3.63) is 35.7 Å². The van der Waals surface area contributed by atoms with Crippen molar-refractivity contribution in [3.63, 3.8) is 0 Å². The Bertz CT molecular complexity index is 509. The van der Waals surface area contributed by atoms with Gasteiger partial charge < -0.3 is 10.8 Å². The van der Waals surface area contributed by atoms with Crippen LogP contribution in [-0.2, 0) is 0 Å². The van der Waals surface area contributed by atoms with E-state index in [1.165, 1.54) is 0 Å². The van der Waals surface area contributed by atoms with Crippen molar-refractivity contribution in [2.24, 2.45) is 0 Å². The molecular formula is C11H10N2O2S. The first-order chi connectivity index (χ1) is 7.66. The molecule has 4 nitrogen and oxygen atoms in total. The Kier molecular flexibility index (Phi) is 2.78. The van der Waals surface area contributed by atoms with E-state index in [-0.39, 0.29) is 0 Å². The molecule has 4 N–H and O–H groups in total. The van der Waals surface area contributed by atoms with Crippen LogP contribution in [0.5, 0.6) is 0 Å². The lowest BCUT2D eigenvalue weighted by Crippen LogP contribution is -2.09. The summed E-state index contributed by atoms with van der Waals surface area (Å²) in [5.74, 6) is 0. The Morgan fingerprint density at radius 2 is 2.19 bits per heavy atom. The first-order valence-corrected chi connectivity index (χ1v) is 5.48. The lowest BCUT2D eigenvalue weighted by molar-refractivity contribution is 0.210. The number of nitrogens with two attached hydrogens (primary N) is 1. The van der Waals surface area contributed by atoms with E-state index in [9.17, 15) is 4.79 Å². The zero-order valence-electron chi connectivity index (χ0n) is 8.31. The molecule has 5 heteroatoms. The average molecular weight is 234 g/mol. The van der Waals surface area contributed by atoms with E-state index in [1.54, 1.807) is 23.5 Å². The van der Waals surface area contributed by atoms with E-state index in [0.29, 0.717) is 11.4 Å². The summed E-state index contributed by atoms with van der Waals surface area (Å²) in [7, 11) is 0. The molecule has 2 aromatic rings.